The topological polar surface area (TPSA) is 62.3 Å². The maximum atomic E-state index is 12.5. The van der Waals surface area contributed by atoms with Gasteiger partial charge in [0, 0.05) is 25.3 Å². The fourth-order valence-electron chi connectivity index (χ4n) is 2.46. The molecule has 2 heterocycles. The van der Waals surface area contributed by atoms with Crippen LogP contribution in [0.3, 0.4) is 0 Å². The predicted molar refractivity (Wildman–Crippen MR) is 78.8 cm³/mol. The van der Waals surface area contributed by atoms with Gasteiger partial charge < -0.3 is 5.32 Å². The summed E-state index contributed by atoms with van der Waals surface area (Å²) < 4.78 is 26.5. The summed E-state index contributed by atoms with van der Waals surface area (Å²) in [6, 6.07) is 3.53. The number of rotatable bonds is 6. The van der Waals surface area contributed by atoms with E-state index in [1.807, 2.05) is 13.0 Å². The Labute approximate surface area is 121 Å². The summed E-state index contributed by atoms with van der Waals surface area (Å²) in [7, 11) is -3.43. The summed E-state index contributed by atoms with van der Waals surface area (Å²) in [5, 5.41) is 3.43. The lowest BCUT2D eigenvalue weighted by Crippen LogP contribution is -2.34. The molecule has 0 bridgehead atoms. The monoisotopic (exact) mass is 297 g/mol. The quantitative estimate of drug-likeness (QED) is 0.813. The van der Waals surface area contributed by atoms with E-state index in [0.717, 1.165) is 37.9 Å². The third kappa shape index (κ3) is 3.37. The fraction of sp³-hybridized carbons (Fsp3) is 0.643. The van der Waals surface area contributed by atoms with Crippen molar-refractivity contribution < 1.29 is 8.42 Å². The van der Waals surface area contributed by atoms with Crippen molar-refractivity contribution in [2.75, 3.05) is 13.1 Å². The molecule has 1 fully saturated rings. The first kappa shape index (κ1) is 15.4. The summed E-state index contributed by atoms with van der Waals surface area (Å²) >= 11 is 0. The van der Waals surface area contributed by atoms with E-state index in [9.17, 15) is 8.42 Å². The van der Waals surface area contributed by atoms with Crippen LogP contribution in [-0.2, 0) is 16.6 Å². The van der Waals surface area contributed by atoms with Gasteiger partial charge >= 0.3 is 0 Å². The van der Waals surface area contributed by atoms with Crippen LogP contribution < -0.4 is 5.32 Å². The maximum Gasteiger partial charge on any atom is 0.260 e. The van der Waals surface area contributed by atoms with Crippen LogP contribution in [0.15, 0.2) is 23.4 Å². The molecule has 1 atom stereocenters. The molecule has 1 saturated heterocycles. The van der Waals surface area contributed by atoms with Crippen molar-refractivity contribution in [3.8, 4) is 0 Å². The van der Waals surface area contributed by atoms with Gasteiger partial charge in [0.25, 0.3) is 10.0 Å². The van der Waals surface area contributed by atoms with Crippen LogP contribution in [0.5, 0.6) is 0 Å². The lowest BCUT2D eigenvalue weighted by molar-refractivity contribution is 0.406. The Morgan fingerprint density at radius 3 is 2.80 bits per heavy atom. The largest absolute Gasteiger partial charge is 0.313 e. The lowest BCUT2D eigenvalue weighted by atomic mass is 10.3. The first-order chi connectivity index (χ1) is 9.55. The highest BCUT2D eigenvalue weighted by Crippen LogP contribution is 2.24. The average molecular weight is 297 g/mol. The number of sulfonamides is 1. The third-order valence-electron chi connectivity index (χ3n) is 3.62. The van der Waals surface area contributed by atoms with Gasteiger partial charge in [-0.15, -0.1) is 0 Å². The Kier molecular flexibility index (Phi) is 5.12. The molecule has 0 aliphatic carbocycles. The van der Waals surface area contributed by atoms with Crippen LogP contribution in [0.2, 0.25) is 0 Å². The molecule has 20 heavy (non-hydrogen) atoms. The molecule has 1 aromatic heterocycles. The van der Waals surface area contributed by atoms with Crippen molar-refractivity contribution >= 4 is 10.0 Å². The zero-order valence-corrected chi connectivity index (χ0v) is 13.0. The van der Waals surface area contributed by atoms with Crippen LogP contribution in [0, 0.1) is 0 Å². The second-order valence-corrected chi connectivity index (χ2v) is 7.13. The zero-order valence-electron chi connectivity index (χ0n) is 12.2. The lowest BCUT2D eigenvalue weighted by Gasteiger charge is -2.20. The Bertz CT molecular complexity index is 528. The molecule has 1 aliphatic rings. The van der Waals surface area contributed by atoms with Crippen molar-refractivity contribution in [3.05, 3.63) is 23.9 Å². The molecule has 1 aliphatic heterocycles. The molecule has 0 spiro atoms. The van der Waals surface area contributed by atoms with Gasteiger partial charge in [0.05, 0.1) is 0 Å². The second kappa shape index (κ2) is 6.65. The Morgan fingerprint density at radius 1 is 1.45 bits per heavy atom. The van der Waals surface area contributed by atoms with E-state index in [1.54, 1.807) is 16.6 Å². The van der Waals surface area contributed by atoms with Gasteiger partial charge in [-0.3, -0.25) is 0 Å². The zero-order chi connectivity index (χ0) is 14.6. The molecule has 1 aromatic rings. The highest BCUT2D eigenvalue weighted by Gasteiger charge is 2.33. The molecule has 0 amide bonds. The van der Waals surface area contributed by atoms with Crippen molar-refractivity contribution in [1.29, 1.82) is 0 Å². The average Bonchev–Trinajstić information content (AvgIpc) is 2.87. The van der Waals surface area contributed by atoms with E-state index in [0.29, 0.717) is 6.54 Å². The van der Waals surface area contributed by atoms with Crippen molar-refractivity contribution in [2.45, 2.75) is 50.7 Å². The van der Waals surface area contributed by atoms with Gasteiger partial charge in [-0.2, -0.15) is 4.31 Å². The minimum absolute atomic E-state index is 0.0766. The minimum Gasteiger partial charge on any atom is -0.313 e. The molecular formula is C14H23N3O2S. The van der Waals surface area contributed by atoms with E-state index >= 15 is 0 Å². The van der Waals surface area contributed by atoms with E-state index in [-0.39, 0.29) is 11.1 Å². The van der Waals surface area contributed by atoms with Crippen LogP contribution >= 0.6 is 0 Å². The van der Waals surface area contributed by atoms with E-state index in [1.165, 1.54) is 0 Å². The van der Waals surface area contributed by atoms with Gasteiger partial charge in [-0.05, 0) is 44.4 Å². The number of hydrogen-bond acceptors (Lipinski definition) is 4. The van der Waals surface area contributed by atoms with Crippen LogP contribution in [0.25, 0.3) is 0 Å². The van der Waals surface area contributed by atoms with Crippen LogP contribution in [0.1, 0.15) is 38.7 Å². The molecule has 5 nitrogen and oxygen atoms in total. The summed E-state index contributed by atoms with van der Waals surface area (Å²) in [5.74, 6) is 0. The van der Waals surface area contributed by atoms with Crippen LogP contribution in [-0.4, -0.2) is 36.8 Å². The maximum absolute atomic E-state index is 12.5. The standard InChI is InChI=1S/C14H23N3O2S/c1-3-8-15-10-13-6-7-14(16-11-13)20(18,19)17-9-4-5-12(17)2/h6-7,11-12,15H,3-5,8-10H2,1-2H3. The van der Waals surface area contributed by atoms with Gasteiger partial charge in [0.2, 0.25) is 0 Å². The molecule has 0 aromatic carbocycles. The molecular weight excluding hydrogens is 274 g/mol. The van der Waals surface area contributed by atoms with Gasteiger partial charge in [0.1, 0.15) is 0 Å². The summed E-state index contributed by atoms with van der Waals surface area (Å²) in [5.41, 5.74) is 1.01. The van der Waals surface area contributed by atoms with Gasteiger partial charge in [-0.25, -0.2) is 13.4 Å². The normalized spacial score (nSPS) is 20.4. The molecule has 1 N–H and O–H groups in total. The first-order valence-corrected chi connectivity index (χ1v) is 8.67. The van der Waals surface area contributed by atoms with E-state index in [4.69, 9.17) is 0 Å². The SMILES string of the molecule is CCCNCc1ccc(S(=O)(=O)N2CCCC2C)nc1. The third-order valence-corrected chi connectivity index (χ3v) is 5.55. The van der Waals surface area contributed by atoms with E-state index < -0.39 is 10.0 Å². The summed E-state index contributed by atoms with van der Waals surface area (Å²) in [6.45, 7) is 6.34. The predicted octanol–water partition coefficient (Wildman–Crippen LogP) is 1.75. The smallest absolute Gasteiger partial charge is 0.260 e. The van der Waals surface area contributed by atoms with E-state index in [2.05, 4.69) is 17.2 Å². The molecule has 112 valence electrons. The fourth-order valence-corrected chi connectivity index (χ4v) is 4.08. The molecule has 0 radical (unpaired) electrons. The number of nitrogens with zero attached hydrogens (tertiary/aromatic N) is 2. The number of pyridine rings is 1. The Balaban J connectivity index is 2.09. The summed E-state index contributed by atoms with van der Waals surface area (Å²) in [6.07, 6.45) is 4.58. The highest BCUT2D eigenvalue weighted by molar-refractivity contribution is 7.89. The van der Waals surface area contributed by atoms with Crippen LogP contribution in [0.4, 0.5) is 0 Å². The Hall–Kier alpha value is -0.980. The van der Waals surface area contributed by atoms with Crippen molar-refractivity contribution in [1.82, 2.24) is 14.6 Å². The highest BCUT2D eigenvalue weighted by atomic mass is 32.2. The number of hydrogen-bond donors (Lipinski definition) is 1. The van der Waals surface area contributed by atoms with Gasteiger partial charge in [0.15, 0.2) is 5.03 Å². The van der Waals surface area contributed by atoms with Crippen molar-refractivity contribution in [2.24, 2.45) is 0 Å². The molecule has 0 saturated carbocycles. The van der Waals surface area contributed by atoms with Crippen molar-refractivity contribution in [3.63, 3.8) is 0 Å². The molecule has 2 rings (SSSR count). The minimum atomic E-state index is -3.43. The second-order valence-electron chi connectivity index (χ2n) is 5.29. The number of aromatic nitrogens is 1. The summed E-state index contributed by atoms with van der Waals surface area (Å²) in [4.78, 5) is 4.14. The Morgan fingerprint density at radius 2 is 2.25 bits per heavy atom. The van der Waals surface area contributed by atoms with Gasteiger partial charge in [-0.1, -0.05) is 13.0 Å². The number of nitrogens with one attached hydrogen (secondary N) is 1. The molecule has 6 heteroatoms. The molecule has 1 unspecified atom stereocenters. The first-order valence-electron chi connectivity index (χ1n) is 7.23.